The molecule has 0 heterocycles. The molecule has 0 aliphatic carbocycles. The molecule has 0 saturated carbocycles. The van der Waals surface area contributed by atoms with Crippen LogP contribution in [0.15, 0.2) is 42.5 Å². The maximum atomic E-state index is 12.9. The molecule has 0 aromatic heterocycles. The molecule has 0 radical (unpaired) electrons. The molecular weight excluding hydrogens is 359 g/mol. The third-order valence-electron chi connectivity index (χ3n) is 3.93. The van der Waals surface area contributed by atoms with E-state index in [-0.39, 0.29) is 23.9 Å². The molecule has 5 nitrogen and oxygen atoms in total. The van der Waals surface area contributed by atoms with E-state index < -0.39 is 0 Å². The number of nitrogens with one attached hydrogen (secondary N) is 2. The first-order chi connectivity index (χ1) is 13.3. The Morgan fingerprint density at radius 1 is 1.04 bits per heavy atom. The minimum atomic E-state index is -0.298. The molecule has 2 rings (SSSR count). The van der Waals surface area contributed by atoms with Crippen molar-refractivity contribution in [3.05, 3.63) is 59.4 Å². The van der Waals surface area contributed by atoms with Crippen LogP contribution in [0.2, 0.25) is 0 Å². The van der Waals surface area contributed by atoms with E-state index in [2.05, 4.69) is 10.6 Å². The van der Waals surface area contributed by atoms with Crippen LogP contribution in [-0.2, 0) is 17.8 Å². The Kier molecular flexibility index (Phi) is 7.81. The number of methoxy groups -OCH3 is 1. The topological polar surface area (TPSA) is 59.6 Å². The standard InChI is InChI=1S/C22H29FN2O3/c1-22(2,3)25-21(26)15-28-19-10-7-17(13-20(19)27-4)14-24-12-11-16-5-8-18(23)9-6-16/h5-10,13,24H,11-12,14-15H2,1-4H3,(H,25,26). The molecule has 2 aromatic rings. The lowest BCUT2D eigenvalue weighted by Crippen LogP contribution is -2.43. The van der Waals surface area contributed by atoms with E-state index in [4.69, 9.17) is 9.47 Å². The highest BCUT2D eigenvalue weighted by Gasteiger charge is 2.15. The molecule has 28 heavy (non-hydrogen) atoms. The summed E-state index contributed by atoms with van der Waals surface area (Å²) in [6.45, 7) is 7.14. The van der Waals surface area contributed by atoms with Crippen molar-refractivity contribution in [2.24, 2.45) is 0 Å². The minimum Gasteiger partial charge on any atom is -0.493 e. The van der Waals surface area contributed by atoms with Crippen LogP contribution < -0.4 is 20.1 Å². The van der Waals surface area contributed by atoms with Crippen LogP contribution in [0.5, 0.6) is 11.5 Å². The number of halogens is 1. The lowest BCUT2D eigenvalue weighted by Gasteiger charge is -2.20. The van der Waals surface area contributed by atoms with Gasteiger partial charge in [-0.25, -0.2) is 4.39 Å². The summed E-state index contributed by atoms with van der Waals surface area (Å²) in [4.78, 5) is 11.9. The van der Waals surface area contributed by atoms with E-state index in [9.17, 15) is 9.18 Å². The van der Waals surface area contributed by atoms with E-state index in [0.717, 1.165) is 24.1 Å². The van der Waals surface area contributed by atoms with Crippen molar-refractivity contribution in [3.63, 3.8) is 0 Å². The molecule has 0 unspecified atom stereocenters. The fourth-order valence-electron chi connectivity index (χ4n) is 2.66. The first-order valence-electron chi connectivity index (χ1n) is 9.33. The third kappa shape index (κ3) is 7.56. The largest absolute Gasteiger partial charge is 0.493 e. The molecule has 2 N–H and O–H groups in total. The molecule has 0 bridgehead atoms. The van der Waals surface area contributed by atoms with Gasteiger partial charge in [0, 0.05) is 12.1 Å². The van der Waals surface area contributed by atoms with Gasteiger partial charge in [-0.2, -0.15) is 0 Å². The molecule has 0 fully saturated rings. The summed E-state index contributed by atoms with van der Waals surface area (Å²) in [6.07, 6.45) is 0.821. The summed E-state index contributed by atoms with van der Waals surface area (Å²) in [5.74, 6) is 0.714. The Morgan fingerprint density at radius 2 is 1.71 bits per heavy atom. The van der Waals surface area contributed by atoms with E-state index in [1.807, 2.05) is 32.9 Å². The lowest BCUT2D eigenvalue weighted by molar-refractivity contribution is -0.124. The zero-order chi connectivity index (χ0) is 20.6. The molecule has 0 spiro atoms. The summed E-state index contributed by atoms with van der Waals surface area (Å²) >= 11 is 0. The van der Waals surface area contributed by atoms with Gasteiger partial charge in [-0.3, -0.25) is 4.79 Å². The second-order valence-electron chi connectivity index (χ2n) is 7.63. The van der Waals surface area contributed by atoms with Gasteiger partial charge in [-0.05, 0) is 69.1 Å². The summed E-state index contributed by atoms with van der Waals surface area (Å²) in [6, 6.07) is 12.2. The van der Waals surface area contributed by atoms with Crippen LogP contribution >= 0.6 is 0 Å². The molecule has 1 amide bonds. The summed E-state index contributed by atoms with van der Waals surface area (Å²) < 4.78 is 23.9. The van der Waals surface area contributed by atoms with Gasteiger partial charge in [-0.1, -0.05) is 18.2 Å². The van der Waals surface area contributed by atoms with Gasteiger partial charge in [0.1, 0.15) is 5.82 Å². The summed E-state index contributed by atoms with van der Waals surface area (Å²) in [7, 11) is 1.57. The Bertz CT molecular complexity index is 770. The van der Waals surface area contributed by atoms with Crippen LogP contribution in [-0.4, -0.2) is 31.7 Å². The Morgan fingerprint density at radius 3 is 2.36 bits per heavy atom. The number of carbonyl (C=O) groups excluding carboxylic acids is 1. The average molecular weight is 388 g/mol. The summed E-state index contributed by atoms with van der Waals surface area (Å²) in [5.41, 5.74) is 1.83. The van der Waals surface area contributed by atoms with Gasteiger partial charge in [-0.15, -0.1) is 0 Å². The van der Waals surface area contributed by atoms with Crippen molar-refractivity contribution in [3.8, 4) is 11.5 Å². The SMILES string of the molecule is COc1cc(CNCCc2ccc(F)cc2)ccc1OCC(=O)NC(C)(C)C. The fourth-order valence-corrected chi connectivity index (χ4v) is 2.66. The highest BCUT2D eigenvalue weighted by Crippen LogP contribution is 2.28. The molecule has 2 aromatic carbocycles. The molecule has 152 valence electrons. The van der Waals surface area contributed by atoms with Gasteiger partial charge in [0.2, 0.25) is 0 Å². The Balaban J connectivity index is 1.82. The zero-order valence-corrected chi connectivity index (χ0v) is 17.0. The Hall–Kier alpha value is -2.60. The van der Waals surface area contributed by atoms with Crippen LogP contribution in [0.1, 0.15) is 31.9 Å². The van der Waals surface area contributed by atoms with E-state index in [1.165, 1.54) is 12.1 Å². The van der Waals surface area contributed by atoms with E-state index in [0.29, 0.717) is 18.0 Å². The van der Waals surface area contributed by atoms with E-state index in [1.54, 1.807) is 25.3 Å². The van der Waals surface area contributed by atoms with Crippen molar-refractivity contribution in [1.82, 2.24) is 10.6 Å². The van der Waals surface area contributed by atoms with Crippen molar-refractivity contribution in [2.45, 2.75) is 39.3 Å². The normalized spacial score (nSPS) is 11.2. The van der Waals surface area contributed by atoms with Crippen molar-refractivity contribution >= 4 is 5.91 Å². The minimum absolute atomic E-state index is 0.0666. The predicted molar refractivity (Wildman–Crippen MR) is 108 cm³/mol. The van der Waals surface area contributed by atoms with Gasteiger partial charge in [0.25, 0.3) is 5.91 Å². The Labute approximate surface area is 166 Å². The fraction of sp³-hybridized carbons (Fsp3) is 0.409. The molecule has 0 aliphatic rings. The number of ether oxygens (including phenoxy) is 2. The van der Waals surface area contributed by atoms with Gasteiger partial charge < -0.3 is 20.1 Å². The van der Waals surface area contributed by atoms with E-state index >= 15 is 0 Å². The maximum absolute atomic E-state index is 12.9. The molecule has 0 saturated heterocycles. The van der Waals surface area contributed by atoms with Gasteiger partial charge >= 0.3 is 0 Å². The highest BCUT2D eigenvalue weighted by atomic mass is 19.1. The number of hydrogen-bond donors (Lipinski definition) is 2. The van der Waals surface area contributed by atoms with Crippen molar-refractivity contribution < 1.29 is 18.7 Å². The van der Waals surface area contributed by atoms with Gasteiger partial charge in [0.15, 0.2) is 18.1 Å². The van der Waals surface area contributed by atoms with Gasteiger partial charge in [0.05, 0.1) is 7.11 Å². The summed E-state index contributed by atoms with van der Waals surface area (Å²) in [5, 5.41) is 6.21. The number of benzene rings is 2. The maximum Gasteiger partial charge on any atom is 0.258 e. The number of amides is 1. The second-order valence-corrected chi connectivity index (χ2v) is 7.63. The third-order valence-corrected chi connectivity index (χ3v) is 3.93. The van der Waals surface area contributed by atoms with Crippen LogP contribution in [0, 0.1) is 5.82 Å². The molecular formula is C22H29FN2O3. The second kappa shape index (κ2) is 10.1. The van der Waals surface area contributed by atoms with Crippen molar-refractivity contribution in [2.75, 3.05) is 20.3 Å². The number of rotatable bonds is 9. The number of carbonyl (C=O) groups is 1. The predicted octanol–water partition coefficient (Wildman–Crippen LogP) is 3.46. The smallest absolute Gasteiger partial charge is 0.258 e. The van der Waals surface area contributed by atoms with Crippen LogP contribution in [0.4, 0.5) is 4.39 Å². The van der Waals surface area contributed by atoms with Crippen LogP contribution in [0.3, 0.4) is 0 Å². The van der Waals surface area contributed by atoms with Crippen LogP contribution in [0.25, 0.3) is 0 Å². The highest BCUT2D eigenvalue weighted by molar-refractivity contribution is 5.78. The van der Waals surface area contributed by atoms with Crippen molar-refractivity contribution in [1.29, 1.82) is 0 Å². The first kappa shape index (κ1) is 21.7. The average Bonchev–Trinajstić information content (AvgIpc) is 2.64. The molecule has 6 heteroatoms. The molecule has 0 aliphatic heterocycles. The zero-order valence-electron chi connectivity index (χ0n) is 17.0. The quantitative estimate of drug-likeness (QED) is 0.646. The lowest BCUT2D eigenvalue weighted by atomic mass is 10.1. The first-order valence-corrected chi connectivity index (χ1v) is 9.33. The number of hydrogen-bond acceptors (Lipinski definition) is 4. The monoisotopic (exact) mass is 388 g/mol. The molecule has 0 atom stereocenters.